The van der Waals surface area contributed by atoms with Crippen LogP contribution in [0.5, 0.6) is 0 Å². The quantitative estimate of drug-likeness (QED) is 0.536. The van der Waals surface area contributed by atoms with Crippen molar-refractivity contribution in [2.45, 2.75) is 33.6 Å². The molecule has 2 unspecified atom stereocenters. The zero-order valence-corrected chi connectivity index (χ0v) is 7.80. The highest BCUT2D eigenvalue weighted by atomic mass is 14.2. The van der Waals surface area contributed by atoms with E-state index in [0.717, 1.165) is 11.8 Å². The van der Waals surface area contributed by atoms with E-state index in [1.54, 1.807) is 0 Å². The van der Waals surface area contributed by atoms with Gasteiger partial charge in [-0.2, -0.15) is 0 Å². The molecule has 0 aromatic heterocycles. The van der Waals surface area contributed by atoms with Gasteiger partial charge in [0.15, 0.2) is 0 Å². The monoisotopic (exact) mass is 150 g/mol. The second-order valence-electron chi connectivity index (χ2n) is 3.68. The topological polar surface area (TPSA) is 0 Å². The zero-order valence-electron chi connectivity index (χ0n) is 7.80. The molecule has 62 valence electrons. The van der Waals surface area contributed by atoms with Crippen LogP contribution in [0.25, 0.3) is 0 Å². The van der Waals surface area contributed by atoms with Crippen LogP contribution in [-0.4, -0.2) is 0 Å². The molecule has 0 saturated heterocycles. The molecule has 2 atom stereocenters. The molecule has 0 radical (unpaired) electrons. The van der Waals surface area contributed by atoms with Crippen LogP contribution in [0.4, 0.5) is 0 Å². The summed E-state index contributed by atoms with van der Waals surface area (Å²) in [7, 11) is 0. The summed E-state index contributed by atoms with van der Waals surface area (Å²) in [4.78, 5) is 0. The van der Waals surface area contributed by atoms with Crippen molar-refractivity contribution in [3.8, 4) is 0 Å². The lowest BCUT2D eigenvalue weighted by Gasteiger charge is -2.23. The molecule has 0 aliphatic heterocycles. The third kappa shape index (κ3) is 2.21. The second-order valence-corrected chi connectivity index (χ2v) is 3.68. The maximum absolute atomic E-state index is 2.39. The Balaban J connectivity index is 2.64. The van der Waals surface area contributed by atoms with E-state index in [0.29, 0.717) is 0 Å². The highest BCUT2D eigenvalue weighted by Crippen LogP contribution is 2.28. The van der Waals surface area contributed by atoms with Gasteiger partial charge in [0.05, 0.1) is 0 Å². The molecule has 0 heterocycles. The molecule has 0 spiro atoms. The van der Waals surface area contributed by atoms with Crippen molar-refractivity contribution in [2.24, 2.45) is 11.8 Å². The summed E-state index contributed by atoms with van der Waals surface area (Å²) in [5.41, 5.74) is 1.53. The van der Waals surface area contributed by atoms with Crippen LogP contribution in [0.3, 0.4) is 0 Å². The average molecular weight is 150 g/mol. The van der Waals surface area contributed by atoms with Gasteiger partial charge in [0.2, 0.25) is 0 Å². The molecule has 0 N–H and O–H groups in total. The van der Waals surface area contributed by atoms with E-state index in [-0.39, 0.29) is 0 Å². The highest BCUT2D eigenvalue weighted by Gasteiger charge is 2.15. The van der Waals surface area contributed by atoms with E-state index in [1.165, 1.54) is 18.4 Å². The molecule has 0 saturated carbocycles. The van der Waals surface area contributed by atoms with E-state index in [2.05, 4.69) is 39.0 Å². The largest absolute Gasteiger partial charge is 0.0874 e. The molecular formula is C11H18. The normalized spacial score (nSPS) is 32.5. The van der Waals surface area contributed by atoms with Crippen LogP contribution in [0.15, 0.2) is 23.8 Å². The number of allylic oxidation sites excluding steroid dienone is 4. The molecule has 0 amide bonds. The SMILES string of the molecule is C/C=C\C1=CCC(C)CC1C. The fraction of sp³-hybridized carbons (Fsp3) is 0.636. The maximum Gasteiger partial charge on any atom is -0.0191 e. The Morgan fingerprint density at radius 1 is 1.45 bits per heavy atom. The van der Waals surface area contributed by atoms with Gasteiger partial charge in [-0.3, -0.25) is 0 Å². The summed E-state index contributed by atoms with van der Waals surface area (Å²) in [5, 5.41) is 0. The van der Waals surface area contributed by atoms with Crippen molar-refractivity contribution in [1.29, 1.82) is 0 Å². The fourth-order valence-corrected chi connectivity index (χ4v) is 1.80. The van der Waals surface area contributed by atoms with Crippen molar-refractivity contribution < 1.29 is 0 Å². The summed E-state index contributed by atoms with van der Waals surface area (Å²) in [6.45, 7) is 6.74. The van der Waals surface area contributed by atoms with Crippen LogP contribution < -0.4 is 0 Å². The third-order valence-corrected chi connectivity index (χ3v) is 2.44. The molecule has 0 aromatic carbocycles. The van der Waals surface area contributed by atoms with Gasteiger partial charge in [-0.15, -0.1) is 0 Å². The molecule has 0 aromatic rings. The van der Waals surface area contributed by atoms with Crippen LogP contribution in [0.1, 0.15) is 33.6 Å². The van der Waals surface area contributed by atoms with E-state index < -0.39 is 0 Å². The maximum atomic E-state index is 2.39. The molecule has 11 heavy (non-hydrogen) atoms. The van der Waals surface area contributed by atoms with Crippen molar-refractivity contribution >= 4 is 0 Å². The van der Waals surface area contributed by atoms with Gasteiger partial charge in [0.1, 0.15) is 0 Å². The zero-order chi connectivity index (χ0) is 8.27. The van der Waals surface area contributed by atoms with E-state index in [1.807, 2.05) is 0 Å². The first-order valence-corrected chi connectivity index (χ1v) is 4.56. The van der Waals surface area contributed by atoms with Gasteiger partial charge >= 0.3 is 0 Å². The molecular weight excluding hydrogens is 132 g/mol. The van der Waals surface area contributed by atoms with E-state index >= 15 is 0 Å². The Labute approximate surface area is 70.0 Å². The first-order chi connectivity index (χ1) is 5.24. The molecule has 0 heteroatoms. The lowest BCUT2D eigenvalue weighted by Crippen LogP contribution is -2.09. The van der Waals surface area contributed by atoms with Crippen LogP contribution in [-0.2, 0) is 0 Å². The van der Waals surface area contributed by atoms with Crippen LogP contribution >= 0.6 is 0 Å². The Kier molecular flexibility index (Phi) is 2.92. The Morgan fingerprint density at radius 3 is 2.73 bits per heavy atom. The van der Waals surface area contributed by atoms with Crippen molar-refractivity contribution in [3.05, 3.63) is 23.8 Å². The van der Waals surface area contributed by atoms with Gasteiger partial charge in [0.25, 0.3) is 0 Å². The minimum absolute atomic E-state index is 0.773. The summed E-state index contributed by atoms with van der Waals surface area (Å²) in [6, 6.07) is 0. The fourth-order valence-electron chi connectivity index (χ4n) is 1.80. The summed E-state index contributed by atoms with van der Waals surface area (Å²) in [5.74, 6) is 1.66. The van der Waals surface area contributed by atoms with Crippen LogP contribution in [0, 0.1) is 11.8 Å². The third-order valence-electron chi connectivity index (χ3n) is 2.44. The standard InChI is InChI=1S/C11H18/c1-4-5-11-7-6-9(2)8-10(11)3/h4-5,7,9-10H,6,8H2,1-3H3/b5-4-. The molecule has 0 fully saturated rings. The predicted molar refractivity (Wildman–Crippen MR) is 50.5 cm³/mol. The second kappa shape index (κ2) is 3.75. The number of hydrogen-bond donors (Lipinski definition) is 0. The Hall–Kier alpha value is -0.520. The van der Waals surface area contributed by atoms with E-state index in [4.69, 9.17) is 0 Å². The minimum Gasteiger partial charge on any atom is -0.0874 e. The Morgan fingerprint density at radius 2 is 2.18 bits per heavy atom. The number of rotatable bonds is 1. The lowest BCUT2D eigenvalue weighted by atomic mass is 9.83. The molecule has 1 rings (SSSR count). The predicted octanol–water partition coefficient (Wildman–Crippen LogP) is 3.55. The first-order valence-electron chi connectivity index (χ1n) is 4.56. The van der Waals surface area contributed by atoms with Crippen LogP contribution in [0.2, 0.25) is 0 Å². The van der Waals surface area contributed by atoms with Crippen molar-refractivity contribution in [2.75, 3.05) is 0 Å². The van der Waals surface area contributed by atoms with Gasteiger partial charge in [-0.05, 0) is 37.2 Å². The summed E-state index contributed by atoms with van der Waals surface area (Å²) in [6.07, 6.45) is 9.40. The van der Waals surface area contributed by atoms with Gasteiger partial charge < -0.3 is 0 Å². The van der Waals surface area contributed by atoms with Gasteiger partial charge in [-0.25, -0.2) is 0 Å². The summed E-state index contributed by atoms with van der Waals surface area (Å²) < 4.78 is 0. The van der Waals surface area contributed by atoms with Crippen molar-refractivity contribution in [3.63, 3.8) is 0 Å². The highest BCUT2D eigenvalue weighted by molar-refractivity contribution is 5.22. The minimum atomic E-state index is 0.773. The lowest BCUT2D eigenvalue weighted by molar-refractivity contribution is 0.436. The smallest absolute Gasteiger partial charge is 0.0191 e. The molecule has 1 aliphatic carbocycles. The Bertz CT molecular complexity index is 174. The number of hydrogen-bond acceptors (Lipinski definition) is 0. The molecule has 1 aliphatic rings. The van der Waals surface area contributed by atoms with E-state index in [9.17, 15) is 0 Å². The molecule has 0 nitrogen and oxygen atoms in total. The summed E-state index contributed by atoms with van der Waals surface area (Å²) >= 11 is 0. The molecule has 0 bridgehead atoms. The average Bonchev–Trinajstić information content (AvgIpc) is 1.95. The first kappa shape index (κ1) is 8.58. The van der Waals surface area contributed by atoms with Crippen molar-refractivity contribution in [1.82, 2.24) is 0 Å². The van der Waals surface area contributed by atoms with Gasteiger partial charge in [-0.1, -0.05) is 32.1 Å². The van der Waals surface area contributed by atoms with Gasteiger partial charge in [0, 0.05) is 0 Å².